The zero-order valence-corrected chi connectivity index (χ0v) is 12.8. The largest absolute Gasteiger partial charge is 0.391 e. The molecule has 0 bridgehead atoms. The summed E-state index contributed by atoms with van der Waals surface area (Å²) < 4.78 is 13.5. The lowest BCUT2D eigenvalue weighted by Crippen LogP contribution is -2.24. The highest BCUT2D eigenvalue weighted by atomic mass is 32.1. The first kappa shape index (κ1) is 14.4. The van der Waals surface area contributed by atoms with Gasteiger partial charge in [0.05, 0.1) is 12.1 Å². The second-order valence-electron chi connectivity index (χ2n) is 5.69. The zero-order valence-electron chi connectivity index (χ0n) is 12.0. The minimum atomic E-state index is -0.426. The van der Waals surface area contributed by atoms with Crippen LogP contribution in [-0.2, 0) is 0 Å². The lowest BCUT2D eigenvalue weighted by molar-refractivity contribution is 0.194. The Morgan fingerprint density at radius 1 is 1.38 bits per heavy atom. The number of anilines is 1. The van der Waals surface area contributed by atoms with Gasteiger partial charge in [-0.3, -0.25) is 0 Å². The second kappa shape index (κ2) is 5.69. The van der Waals surface area contributed by atoms with Gasteiger partial charge in [-0.25, -0.2) is 4.39 Å². The summed E-state index contributed by atoms with van der Waals surface area (Å²) in [4.78, 5) is 2.03. The summed E-state index contributed by atoms with van der Waals surface area (Å²) in [6.45, 7) is 4.66. The minimum absolute atomic E-state index is 0.0522. The summed E-state index contributed by atoms with van der Waals surface area (Å²) in [7, 11) is 0. The van der Waals surface area contributed by atoms with Crippen LogP contribution in [0.4, 0.5) is 9.52 Å². The Balaban J connectivity index is 1.91. The van der Waals surface area contributed by atoms with Crippen LogP contribution < -0.4 is 4.90 Å². The molecule has 1 aromatic heterocycles. The minimum Gasteiger partial charge on any atom is -0.391 e. The van der Waals surface area contributed by atoms with Gasteiger partial charge in [0.1, 0.15) is 10.8 Å². The average Bonchev–Trinajstić information content (AvgIpc) is 3.04. The lowest BCUT2D eigenvalue weighted by atomic mass is 10.0. The number of aromatic nitrogens is 2. The normalized spacial score (nSPS) is 22.2. The molecule has 0 saturated carbocycles. The molecule has 6 heteroatoms. The monoisotopic (exact) mass is 307 g/mol. The third kappa shape index (κ3) is 2.91. The third-order valence-corrected chi connectivity index (χ3v) is 4.94. The maximum absolute atomic E-state index is 13.5. The van der Waals surface area contributed by atoms with E-state index in [1.54, 1.807) is 17.4 Å². The van der Waals surface area contributed by atoms with E-state index in [9.17, 15) is 9.50 Å². The van der Waals surface area contributed by atoms with Gasteiger partial charge in [-0.15, -0.1) is 10.2 Å². The molecule has 1 saturated heterocycles. The van der Waals surface area contributed by atoms with E-state index in [0.717, 1.165) is 15.7 Å². The Kier molecular flexibility index (Phi) is 3.91. The highest BCUT2D eigenvalue weighted by molar-refractivity contribution is 7.15. The first-order valence-electron chi connectivity index (χ1n) is 7.08. The summed E-state index contributed by atoms with van der Waals surface area (Å²) in [5.74, 6) is 0.0744. The van der Waals surface area contributed by atoms with Crippen LogP contribution in [0.1, 0.15) is 42.8 Å². The van der Waals surface area contributed by atoms with Crippen molar-refractivity contribution in [2.75, 3.05) is 11.4 Å². The number of β-amino-alcohol motifs (C(OH)–C–C–N with tert-alkyl or cyclic N) is 1. The third-order valence-electron chi connectivity index (χ3n) is 3.68. The summed E-state index contributed by atoms with van der Waals surface area (Å²) in [5, 5.41) is 20.2. The molecule has 0 amide bonds. The molecular formula is C15H18FN3OS. The fraction of sp³-hybridized carbons (Fsp3) is 0.467. The molecule has 1 aromatic carbocycles. The zero-order chi connectivity index (χ0) is 15.0. The highest BCUT2D eigenvalue weighted by Crippen LogP contribution is 2.38. The molecule has 0 radical (unpaired) electrons. The van der Waals surface area contributed by atoms with Crippen molar-refractivity contribution < 1.29 is 9.50 Å². The summed E-state index contributed by atoms with van der Waals surface area (Å²) in [6.07, 6.45) is 0.157. The fourth-order valence-electron chi connectivity index (χ4n) is 2.63. The van der Waals surface area contributed by atoms with Crippen LogP contribution in [0.25, 0.3) is 0 Å². The molecule has 2 aromatic rings. The van der Waals surface area contributed by atoms with Gasteiger partial charge in [-0.05, 0) is 24.1 Å². The standard InChI is InChI=1S/C15H18FN3OS/c1-9(2)14-17-18-15(21-14)19-8-12(20)7-13(19)10-4-3-5-11(16)6-10/h3-6,9,12-13,20H,7-8H2,1-2H3. The van der Waals surface area contributed by atoms with Crippen LogP contribution in [0.2, 0.25) is 0 Å². The van der Waals surface area contributed by atoms with E-state index in [-0.39, 0.29) is 11.9 Å². The lowest BCUT2D eigenvalue weighted by Gasteiger charge is -2.23. The topological polar surface area (TPSA) is 49.2 Å². The summed E-state index contributed by atoms with van der Waals surface area (Å²) in [6, 6.07) is 6.50. The first-order valence-corrected chi connectivity index (χ1v) is 7.90. The Labute approximate surface area is 127 Å². The Hall–Kier alpha value is -1.53. The van der Waals surface area contributed by atoms with Crippen LogP contribution >= 0.6 is 11.3 Å². The van der Waals surface area contributed by atoms with Gasteiger partial charge in [0.2, 0.25) is 5.13 Å². The van der Waals surface area contributed by atoms with Crippen molar-refractivity contribution in [1.82, 2.24) is 10.2 Å². The van der Waals surface area contributed by atoms with Crippen LogP contribution in [-0.4, -0.2) is 28.0 Å². The molecule has 1 fully saturated rings. The van der Waals surface area contributed by atoms with Crippen molar-refractivity contribution in [3.05, 3.63) is 40.7 Å². The number of rotatable bonds is 3. The molecule has 1 N–H and O–H groups in total. The Morgan fingerprint density at radius 2 is 2.19 bits per heavy atom. The van der Waals surface area contributed by atoms with E-state index in [2.05, 4.69) is 24.0 Å². The van der Waals surface area contributed by atoms with Gasteiger partial charge < -0.3 is 10.0 Å². The molecule has 2 atom stereocenters. The Morgan fingerprint density at radius 3 is 2.86 bits per heavy atom. The quantitative estimate of drug-likeness (QED) is 0.946. The number of halogens is 1. The van der Waals surface area contributed by atoms with E-state index in [4.69, 9.17) is 0 Å². The van der Waals surface area contributed by atoms with Gasteiger partial charge >= 0.3 is 0 Å². The maximum atomic E-state index is 13.5. The van der Waals surface area contributed by atoms with Gasteiger partial charge in [0.15, 0.2) is 0 Å². The van der Waals surface area contributed by atoms with E-state index < -0.39 is 6.10 Å². The average molecular weight is 307 g/mol. The maximum Gasteiger partial charge on any atom is 0.208 e. The van der Waals surface area contributed by atoms with Gasteiger partial charge in [-0.2, -0.15) is 0 Å². The molecule has 2 heterocycles. The molecule has 2 unspecified atom stereocenters. The van der Waals surface area contributed by atoms with E-state index >= 15 is 0 Å². The van der Waals surface area contributed by atoms with Gasteiger partial charge in [-0.1, -0.05) is 37.3 Å². The number of hydrogen-bond acceptors (Lipinski definition) is 5. The number of aliphatic hydroxyl groups excluding tert-OH is 1. The highest BCUT2D eigenvalue weighted by Gasteiger charge is 2.34. The van der Waals surface area contributed by atoms with Gasteiger partial charge in [0, 0.05) is 12.5 Å². The predicted octanol–water partition coefficient (Wildman–Crippen LogP) is 3.11. The van der Waals surface area contributed by atoms with Crippen molar-refractivity contribution >= 4 is 16.5 Å². The molecule has 0 spiro atoms. The number of nitrogens with zero attached hydrogens (tertiary/aromatic N) is 3. The van der Waals surface area contributed by atoms with Crippen molar-refractivity contribution in [2.24, 2.45) is 0 Å². The predicted molar refractivity (Wildman–Crippen MR) is 81.1 cm³/mol. The van der Waals surface area contributed by atoms with Crippen LogP contribution in [0.5, 0.6) is 0 Å². The van der Waals surface area contributed by atoms with Crippen molar-refractivity contribution in [2.45, 2.75) is 38.3 Å². The van der Waals surface area contributed by atoms with Crippen LogP contribution in [0, 0.1) is 5.82 Å². The van der Waals surface area contributed by atoms with Crippen molar-refractivity contribution in [3.63, 3.8) is 0 Å². The molecule has 112 valence electrons. The molecule has 1 aliphatic rings. The molecule has 3 rings (SSSR count). The van der Waals surface area contributed by atoms with Gasteiger partial charge in [0.25, 0.3) is 0 Å². The number of benzene rings is 1. The molecule has 1 aliphatic heterocycles. The number of aliphatic hydroxyl groups is 1. The fourth-order valence-corrected chi connectivity index (χ4v) is 3.54. The van der Waals surface area contributed by atoms with Crippen LogP contribution in [0.3, 0.4) is 0 Å². The number of hydrogen-bond donors (Lipinski definition) is 1. The summed E-state index contributed by atoms with van der Waals surface area (Å²) in [5.41, 5.74) is 0.868. The Bertz CT molecular complexity index is 631. The molecule has 21 heavy (non-hydrogen) atoms. The molecular weight excluding hydrogens is 289 g/mol. The van der Waals surface area contributed by atoms with Crippen molar-refractivity contribution in [3.8, 4) is 0 Å². The first-order chi connectivity index (χ1) is 10.0. The van der Waals surface area contributed by atoms with E-state index in [0.29, 0.717) is 18.9 Å². The SMILES string of the molecule is CC(C)c1nnc(N2CC(O)CC2c2cccc(F)c2)s1. The van der Waals surface area contributed by atoms with E-state index in [1.165, 1.54) is 12.1 Å². The summed E-state index contributed by atoms with van der Waals surface area (Å²) >= 11 is 1.54. The molecule has 0 aliphatic carbocycles. The smallest absolute Gasteiger partial charge is 0.208 e. The van der Waals surface area contributed by atoms with Crippen molar-refractivity contribution in [1.29, 1.82) is 0 Å². The van der Waals surface area contributed by atoms with E-state index in [1.807, 2.05) is 11.0 Å². The second-order valence-corrected chi connectivity index (χ2v) is 6.68. The van der Waals surface area contributed by atoms with Crippen LogP contribution in [0.15, 0.2) is 24.3 Å². The molecule has 4 nitrogen and oxygen atoms in total.